The van der Waals surface area contributed by atoms with Crippen LogP contribution in [0.1, 0.15) is 20.7 Å². The molecule has 0 aromatic heterocycles. The lowest BCUT2D eigenvalue weighted by Gasteiger charge is -2.08. The number of aromatic hydroxyl groups is 3. The van der Waals surface area contributed by atoms with Gasteiger partial charge >= 0.3 is 11.9 Å². The largest absolute Gasteiger partial charge is 0.508 e. The minimum atomic E-state index is -1.25. The average Bonchev–Trinajstić information content (AvgIpc) is 2.39. The normalized spacial score (nSPS) is 10.1. The zero-order valence-electron chi connectivity index (χ0n) is 10.5. The number of hydrogen-bond acceptors (Lipinski definition) is 6. The number of phenols is 3. The van der Waals surface area contributed by atoms with Crippen LogP contribution >= 0.6 is 0 Å². The molecule has 4 N–H and O–H groups in total. The van der Waals surface area contributed by atoms with Crippen molar-refractivity contribution in [3.05, 3.63) is 47.5 Å². The van der Waals surface area contributed by atoms with Crippen LogP contribution in [-0.4, -0.2) is 32.4 Å². The maximum Gasteiger partial charge on any atom is 0.343 e. The van der Waals surface area contributed by atoms with Crippen molar-refractivity contribution in [1.29, 1.82) is 0 Å². The van der Waals surface area contributed by atoms with E-state index in [1.54, 1.807) is 0 Å². The molecule has 2 aromatic rings. The summed E-state index contributed by atoms with van der Waals surface area (Å²) in [6.45, 7) is 0. The topological polar surface area (TPSA) is 124 Å². The van der Waals surface area contributed by atoms with Crippen molar-refractivity contribution in [2.75, 3.05) is 0 Å². The van der Waals surface area contributed by atoms with Gasteiger partial charge in [-0.25, -0.2) is 9.59 Å². The van der Waals surface area contributed by atoms with E-state index in [1.807, 2.05) is 0 Å². The van der Waals surface area contributed by atoms with E-state index in [0.29, 0.717) is 0 Å². The fourth-order valence-electron chi connectivity index (χ4n) is 1.60. The molecule has 108 valence electrons. The molecule has 0 radical (unpaired) electrons. The molecule has 0 atom stereocenters. The third-order valence-electron chi connectivity index (χ3n) is 2.55. The Morgan fingerprint density at radius 2 is 1.48 bits per heavy atom. The molecule has 0 aliphatic carbocycles. The Labute approximate surface area is 118 Å². The predicted molar refractivity (Wildman–Crippen MR) is 69.8 cm³/mol. The highest BCUT2D eigenvalue weighted by molar-refractivity contribution is 5.93. The van der Waals surface area contributed by atoms with Gasteiger partial charge in [0.1, 0.15) is 11.5 Å². The van der Waals surface area contributed by atoms with Crippen LogP contribution < -0.4 is 4.74 Å². The van der Waals surface area contributed by atoms with E-state index in [1.165, 1.54) is 0 Å². The van der Waals surface area contributed by atoms with Gasteiger partial charge in [0, 0.05) is 6.07 Å². The van der Waals surface area contributed by atoms with E-state index in [2.05, 4.69) is 0 Å². The summed E-state index contributed by atoms with van der Waals surface area (Å²) >= 11 is 0. The highest BCUT2D eigenvalue weighted by atomic mass is 16.5. The summed E-state index contributed by atoms with van der Waals surface area (Å²) in [4.78, 5) is 22.7. The molecule has 0 heterocycles. The van der Waals surface area contributed by atoms with E-state index in [0.717, 1.165) is 36.4 Å². The minimum Gasteiger partial charge on any atom is -0.508 e. The first-order chi connectivity index (χ1) is 9.86. The number of ether oxygens (including phenoxy) is 1. The van der Waals surface area contributed by atoms with Crippen LogP contribution in [0, 0.1) is 0 Å². The highest BCUT2D eigenvalue weighted by Gasteiger charge is 2.15. The number of rotatable bonds is 3. The van der Waals surface area contributed by atoms with Crippen molar-refractivity contribution < 1.29 is 34.8 Å². The predicted octanol–water partition coefficient (Wildman–Crippen LogP) is 1.72. The van der Waals surface area contributed by atoms with Crippen LogP contribution in [0.2, 0.25) is 0 Å². The number of aromatic carboxylic acids is 1. The van der Waals surface area contributed by atoms with Crippen LogP contribution in [0.15, 0.2) is 36.4 Å². The number of carbonyl (C=O) groups excluding carboxylic acids is 1. The first-order valence-electron chi connectivity index (χ1n) is 5.68. The standard InChI is InChI=1S/C14H10O7/c15-9-3-8(4-10(16)6-9)14(20)21-12-5-7(13(18)19)1-2-11(12)17/h1-6,15-17H,(H,18,19). The van der Waals surface area contributed by atoms with Crippen molar-refractivity contribution in [2.45, 2.75) is 0 Å². The van der Waals surface area contributed by atoms with E-state index in [4.69, 9.17) is 9.84 Å². The molecule has 0 unspecified atom stereocenters. The molecule has 2 rings (SSSR count). The van der Waals surface area contributed by atoms with Crippen LogP contribution in [-0.2, 0) is 0 Å². The molecule has 0 aliphatic heterocycles. The van der Waals surface area contributed by atoms with Gasteiger partial charge in [-0.3, -0.25) is 0 Å². The summed E-state index contributed by atoms with van der Waals surface area (Å²) in [6, 6.07) is 6.35. The molecule has 2 aromatic carbocycles. The molecule has 0 bridgehead atoms. The fraction of sp³-hybridized carbons (Fsp3) is 0. The van der Waals surface area contributed by atoms with Gasteiger partial charge in [-0.05, 0) is 30.3 Å². The molecular weight excluding hydrogens is 280 g/mol. The lowest BCUT2D eigenvalue weighted by molar-refractivity contribution is 0.0686. The van der Waals surface area contributed by atoms with E-state index >= 15 is 0 Å². The second kappa shape index (κ2) is 5.41. The summed E-state index contributed by atoms with van der Waals surface area (Å²) < 4.78 is 4.86. The lowest BCUT2D eigenvalue weighted by atomic mass is 10.2. The third-order valence-corrected chi connectivity index (χ3v) is 2.55. The first kappa shape index (κ1) is 14.2. The van der Waals surface area contributed by atoms with Gasteiger partial charge in [-0.1, -0.05) is 0 Å². The van der Waals surface area contributed by atoms with E-state index in [9.17, 15) is 24.9 Å². The van der Waals surface area contributed by atoms with Gasteiger partial charge in [-0.2, -0.15) is 0 Å². The van der Waals surface area contributed by atoms with Gasteiger partial charge in [0.2, 0.25) is 0 Å². The van der Waals surface area contributed by atoms with Crippen LogP contribution in [0.3, 0.4) is 0 Å². The number of hydrogen-bond donors (Lipinski definition) is 4. The highest BCUT2D eigenvalue weighted by Crippen LogP contribution is 2.28. The maximum atomic E-state index is 11.8. The average molecular weight is 290 g/mol. The fourth-order valence-corrected chi connectivity index (χ4v) is 1.60. The third kappa shape index (κ3) is 3.21. The molecule has 7 heteroatoms. The van der Waals surface area contributed by atoms with Crippen molar-refractivity contribution in [1.82, 2.24) is 0 Å². The smallest absolute Gasteiger partial charge is 0.343 e. The van der Waals surface area contributed by atoms with Crippen LogP contribution in [0.25, 0.3) is 0 Å². The maximum absolute atomic E-state index is 11.8. The molecule has 0 saturated heterocycles. The Hall–Kier alpha value is -3.22. The van der Waals surface area contributed by atoms with Crippen molar-refractivity contribution in [2.24, 2.45) is 0 Å². The molecule has 0 amide bonds. The Balaban J connectivity index is 2.31. The summed E-state index contributed by atoms with van der Waals surface area (Å²) in [5.41, 5.74) is -0.331. The van der Waals surface area contributed by atoms with Crippen LogP contribution in [0.4, 0.5) is 0 Å². The van der Waals surface area contributed by atoms with E-state index < -0.39 is 17.7 Å². The first-order valence-corrected chi connectivity index (χ1v) is 5.68. The number of carboxylic acids is 1. The summed E-state index contributed by atoms with van der Waals surface area (Å²) in [5.74, 6) is -3.67. The molecule has 21 heavy (non-hydrogen) atoms. The van der Waals surface area contributed by atoms with Crippen molar-refractivity contribution in [3.63, 3.8) is 0 Å². The van der Waals surface area contributed by atoms with Gasteiger partial charge in [0.15, 0.2) is 11.5 Å². The summed E-state index contributed by atoms with van der Waals surface area (Å²) in [5, 5.41) is 37.0. The molecule has 0 aliphatic rings. The molecule has 0 saturated carbocycles. The zero-order chi connectivity index (χ0) is 15.6. The second-order valence-electron chi connectivity index (χ2n) is 4.12. The molecule has 0 fully saturated rings. The number of esters is 1. The molecule has 7 nitrogen and oxygen atoms in total. The number of carboxylic acid groups (broad SMARTS) is 1. The van der Waals surface area contributed by atoms with Crippen molar-refractivity contribution >= 4 is 11.9 Å². The minimum absolute atomic E-state index is 0.160. The van der Waals surface area contributed by atoms with Gasteiger partial charge < -0.3 is 25.2 Å². The molecular formula is C14H10O7. The SMILES string of the molecule is O=C(O)c1ccc(O)c(OC(=O)c2cc(O)cc(O)c2)c1. The summed E-state index contributed by atoms with van der Waals surface area (Å²) in [6.07, 6.45) is 0. The van der Waals surface area contributed by atoms with E-state index in [-0.39, 0.29) is 28.4 Å². The second-order valence-corrected chi connectivity index (χ2v) is 4.12. The summed E-state index contributed by atoms with van der Waals surface area (Å²) in [7, 11) is 0. The number of carbonyl (C=O) groups is 2. The number of phenolic OH excluding ortho intramolecular Hbond substituents is 3. The van der Waals surface area contributed by atoms with Gasteiger partial charge in [0.05, 0.1) is 11.1 Å². The van der Waals surface area contributed by atoms with Crippen LogP contribution in [0.5, 0.6) is 23.0 Å². The quantitative estimate of drug-likeness (QED) is 0.501. The Kier molecular flexibility index (Phi) is 3.66. The monoisotopic (exact) mass is 290 g/mol. The number of benzene rings is 2. The lowest BCUT2D eigenvalue weighted by Crippen LogP contribution is -2.09. The Morgan fingerprint density at radius 3 is 2.05 bits per heavy atom. The van der Waals surface area contributed by atoms with Gasteiger partial charge in [-0.15, -0.1) is 0 Å². The Bertz CT molecular complexity index is 701. The van der Waals surface area contributed by atoms with Crippen molar-refractivity contribution in [3.8, 4) is 23.0 Å². The molecule has 0 spiro atoms. The zero-order valence-corrected chi connectivity index (χ0v) is 10.5. The van der Waals surface area contributed by atoms with Gasteiger partial charge in [0.25, 0.3) is 0 Å². The Morgan fingerprint density at radius 1 is 0.857 bits per heavy atom.